The number of benzene rings is 2. The highest BCUT2D eigenvalue weighted by molar-refractivity contribution is 5.84. The van der Waals surface area contributed by atoms with Gasteiger partial charge in [0.2, 0.25) is 6.08 Å². The van der Waals surface area contributed by atoms with Gasteiger partial charge in [0.15, 0.2) is 25.5 Å². The van der Waals surface area contributed by atoms with Crippen molar-refractivity contribution >= 4 is 23.5 Å². The number of nitrogens with zero attached hydrogens (tertiary/aromatic N) is 2. The average molecular weight is 487 g/mol. The molecule has 1 heterocycles. The van der Waals surface area contributed by atoms with Crippen molar-refractivity contribution in [1.82, 2.24) is 0 Å². The minimum atomic E-state index is -0.460. The van der Waals surface area contributed by atoms with Crippen molar-refractivity contribution < 1.29 is 18.9 Å². The summed E-state index contributed by atoms with van der Waals surface area (Å²) in [5.74, 6) is 0. The first-order chi connectivity index (χ1) is 17.7. The van der Waals surface area contributed by atoms with Crippen molar-refractivity contribution in [3.05, 3.63) is 89.7 Å². The van der Waals surface area contributed by atoms with E-state index in [2.05, 4.69) is 40.1 Å². The Hall–Kier alpha value is -3.76. The summed E-state index contributed by atoms with van der Waals surface area (Å²) in [7, 11) is 0. The molecule has 0 atom stereocenters. The van der Waals surface area contributed by atoms with Gasteiger partial charge in [0.1, 0.15) is 0 Å². The number of carbonyl (C=O) groups is 1. The maximum absolute atomic E-state index is 12.2. The van der Waals surface area contributed by atoms with Gasteiger partial charge in [-0.15, -0.1) is 0 Å². The van der Waals surface area contributed by atoms with Gasteiger partial charge in [-0.1, -0.05) is 63.3 Å². The monoisotopic (exact) mass is 486 g/mol. The van der Waals surface area contributed by atoms with Gasteiger partial charge in [0.05, 0.1) is 5.69 Å². The molecule has 0 bridgehead atoms. The Balaban J connectivity index is 1.37. The molecule has 0 saturated carbocycles. The van der Waals surface area contributed by atoms with Crippen LogP contribution in [0.15, 0.2) is 78.0 Å². The summed E-state index contributed by atoms with van der Waals surface area (Å²) in [4.78, 5) is 26.1. The van der Waals surface area contributed by atoms with Crippen LogP contribution in [-0.4, -0.2) is 18.8 Å². The lowest BCUT2D eigenvalue weighted by atomic mass is 10.0. The van der Waals surface area contributed by atoms with E-state index < -0.39 is 6.09 Å². The molecule has 36 heavy (non-hydrogen) atoms. The number of hydrogen-bond donors (Lipinski definition) is 1. The molecule has 188 valence electrons. The number of carbonyl (C=O) groups excluding carboxylic acids is 2. The first-order valence-corrected chi connectivity index (χ1v) is 12.8. The second-order valence-electron chi connectivity index (χ2n) is 8.97. The third-order valence-corrected chi connectivity index (χ3v) is 6.04. The number of isocyanates is 1. The van der Waals surface area contributed by atoms with Crippen LogP contribution >= 0.6 is 0 Å². The van der Waals surface area contributed by atoms with E-state index in [0.717, 1.165) is 24.0 Å². The summed E-state index contributed by atoms with van der Waals surface area (Å²) in [5, 5.41) is 2.78. The first-order valence-electron chi connectivity index (χ1n) is 12.8. The average Bonchev–Trinajstić information content (AvgIpc) is 2.89. The van der Waals surface area contributed by atoms with E-state index in [1.165, 1.54) is 44.1 Å². The number of aryl methyl sites for hydroxylation is 1. The van der Waals surface area contributed by atoms with Crippen molar-refractivity contribution in [2.45, 2.75) is 64.8 Å². The molecule has 0 spiro atoms. The molecule has 2 aromatic carbocycles. The predicted molar refractivity (Wildman–Crippen MR) is 142 cm³/mol. The highest BCUT2D eigenvalue weighted by Crippen LogP contribution is 2.17. The predicted octanol–water partition coefficient (Wildman–Crippen LogP) is 6.68. The van der Waals surface area contributed by atoms with E-state index in [4.69, 9.17) is 4.74 Å². The van der Waals surface area contributed by atoms with Gasteiger partial charge in [0.25, 0.3) is 0 Å². The number of aromatic nitrogens is 1. The minimum Gasteiger partial charge on any atom is -0.443 e. The molecular weight excluding hydrogens is 450 g/mol. The van der Waals surface area contributed by atoms with Gasteiger partial charge in [-0.2, -0.15) is 4.99 Å². The third kappa shape index (κ3) is 9.85. The van der Waals surface area contributed by atoms with Crippen molar-refractivity contribution in [3.8, 4) is 0 Å². The van der Waals surface area contributed by atoms with Gasteiger partial charge in [0, 0.05) is 17.3 Å². The molecule has 1 N–H and O–H groups in total. The van der Waals surface area contributed by atoms with Gasteiger partial charge in [-0.25, -0.2) is 14.2 Å². The summed E-state index contributed by atoms with van der Waals surface area (Å²) in [6, 6.07) is 19.3. The molecule has 1 amide bonds. The fraction of sp³-hybridized carbons (Fsp3) is 0.367. The minimum absolute atomic E-state index is 0.305. The second kappa shape index (κ2) is 15.3. The topological polar surface area (TPSA) is 71.6 Å². The van der Waals surface area contributed by atoms with Crippen LogP contribution in [0.3, 0.4) is 0 Å². The lowest BCUT2D eigenvalue weighted by Crippen LogP contribution is -2.36. The lowest BCUT2D eigenvalue weighted by Gasteiger charge is -2.08. The summed E-state index contributed by atoms with van der Waals surface area (Å²) in [6.45, 7) is 3.17. The van der Waals surface area contributed by atoms with Crippen molar-refractivity contribution in [3.63, 3.8) is 0 Å². The van der Waals surface area contributed by atoms with E-state index in [1.807, 2.05) is 42.6 Å². The van der Waals surface area contributed by atoms with Gasteiger partial charge >= 0.3 is 6.09 Å². The quantitative estimate of drug-likeness (QED) is 0.119. The highest BCUT2D eigenvalue weighted by atomic mass is 16.5. The van der Waals surface area contributed by atoms with Crippen LogP contribution in [-0.2, 0) is 28.9 Å². The molecule has 0 aliphatic rings. The molecule has 0 unspecified atom stereocenters. The van der Waals surface area contributed by atoms with Gasteiger partial charge in [-0.3, -0.25) is 5.32 Å². The van der Waals surface area contributed by atoms with Crippen molar-refractivity contribution in [2.75, 3.05) is 11.9 Å². The van der Waals surface area contributed by atoms with Crippen LogP contribution in [0, 0.1) is 0 Å². The number of anilines is 1. The number of ether oxygens (including phenoxy) is 1. The smallest absolute Gasteiger partial charge is 0.411 e. The molecule has 6 heteroatoms. The summed E-state index contributed by atoms with van der Waals surface area (Å²) in [5.41, 5.74) is 4.81. The molecule has 0 fully saturated rings. The van der Waals surface area contributed by atoms with Crippen LogP contribution in [0.4, 0.5) is 16.2 Å². The third-order valence-electron chi connectivity index (χ3n) is 6.04. The van der Waals surface area contributed by atoms with Gasteiger partial charge < -0.3 is 4.74 Å². The molecule has 0 aliphatic carbocycles. The first kappa shape index (κ1) is 26.8. The fourth-order valence-corrected chi connectivity index (χ4v) is 4.05. The zero-order valence-electron chi connectivity index (χ0n) is 21.1. The largest absolute Gasteiger partial charge is 0.443 e. The van der Waals surface area contributed by atoms with Crippen LogP contribution in [0.2, 0.25) is 0 Å². The lowest BCUT2D eigenvalue weighted by molar-refractivity contribution is -0.698. The summed E-state index contributed by atoms with van der Waals surface area (Å²) < 4.78 is 7.45. The molecule has 0 radical (unpaired) electrons. The molecule has 3 rings (SSSR count). The number of unbranched alkanes of at least 4 members (excludes halogenated alkanes) is 5. The number of amides is 1. The Morgan fingerprint density at radius 2 is 1.61 bits per heavy atom. The molecule has 6 nitrogen and oxygen atoms in total. The molecule has 3 aromatic rings. The van der Waals surface area contributed by atoms with Crippen LogP contribution in [0.1, 0.15) is 62.1 Å². The van der Waals surface area contributed by atoms with Crippen LogP contribution in [0.25, 0.3) is 0 Å². The standard InChI is InChI=1S/C30H35N3O3/c1-2-3-4-5-6-7-9-27-10-8-19-33(23-27)20-21-36-30(35)32-29-17-13-26(14-18-29)22-25-11-15-28(16-12-25)31-24-34/h8,10-19,23H,2-7,9,20-22H2,1H3/p+1. The van der Waals surface area contributed by atoms with Gasteiger partial charge in [-0.05, 0) is 60.7 Å². The number of rotatable bonds is 14. The highest BCUT2D eigenvalue weighted by Gasteiger charge is 2.08. The Morgan fingerprint density at radius 1 is 0.917 bits per heavy atom. The molecule has 1 aromatic heterocycles. The van der Waals surface area contributed by atoms with Crippen molar-refractivity contribution in [1.29, 1.82) is 0 Å². The maximum atomic E-state index is 12.2. The van der Waals surface area contributed by atoms with E-state index in [9.17, 15) is 9.59 Å². The van der Waals surface area contributed by atoms with Crippen LogP contribution in [0.5, 0.6) is 0 Å². The van der Waals surface area contributed by atoms with E-state index in [0.29, 0.717) is 24.5 Å². The SMILES string of the molecule is CCCCCCCCc1ccc[n+](CCOC(=O)Nc2ccc(Cc3ccc(N=C=O)cc3)cc2)c1. The normalized spacial score (nSPS) is 10.5. The van der Waals surface area contributed by atoms with E-state index >= 15 is 0 Å². The number of nitrogens with one attached hydrogen (secondary N) is 1. The zero-order chi connectivity index (χ0) is 25.4. The van der Waals surface area contributed by atoms with Crippen LogP contribution < -0.4 is 9.88 Å². The second-order valence-corrected chi connectivity index (χ2v) is 8.97. The van der Waals surface area contributed by atoms with E-state index in [-0.39, 0.29) is 0 Å². The number of pyridine rings is 1. The number of aliphatic imine (C=N–C) groups is 1. The maximum Gasteiger partial charge on any atom is 0.411 e. The zero-order valence-corrected chi connectivity index (χ0v) is 21.1. The Kier molecular flexibility index (Phi) is 11.4. The Bertz CT molecular complexity index is 1120. The number of hydrogen-bond acceptors (Lipinski definition) is 4. The van der Waals surface area contributed by atoms with Crippen molar-refractivity contribution in [2.24, 2.45) is 4.99 Å². The van der Waals surface area contributed by atoms with E-state index in [1.54, 1.807) is 18.2 Å². The Morgan fingerprint density at radius 3 is 2.33 bits per heavy atom. The molecule has 0 saturated heterocycles. The fourth-order valence-electron chi connectivity index (χ4n) is 4.05. The summed E-state index contributed by atoms with van der Waals surface area (Å²) >= 11 is 0. The molecule has 0 aliphatic heterocycles. The Labute approximate surface area is 214 Å². The molecular formula is C30H36N3O3+. The summed E-state index contributed by atoms with van der Waals surface area (Å²) in [6.07, 6.45) is 14.8.